The van der Waals surface area contributed by atoms with Crippen LogP contribution in [0.4, 0.5) is 0 Å². The van der Waals surface area contributed by atoms with Crippen LogP contribution in [0.2, 0.25) is 6.55 Å². The molecule has 0 atom stereocenters. The number of hydrogen-bond acceptors (Lipinski definition) is 0. The van der Waals surface area contributed by atoms with Crippen molar-refractivity contribution in [3.63, 3.8) is 0 Å². The molecular formula is C27H21BrSi. The van der Waals surface area contributed by atoms with Gasteiger partial charge in [0.1, 0.15) is 8.07 Å². The average molecular weight is 453 g/mol. The van der Waals surface area contributed by atoms with Crippen molar-refractivity contribution in [1.82, 2.24) is 0 Å². The second-order valence-corrected chi connectivity index (χ2v) is 12.7. The molecule has 0 aromatic heterocycles. The van der Waals surface area contributed by atoms with Crippen LogP contribution >= 0.6 is 15.9 Å². The van der Waals surface area contributed by atoms with Crippen LogP contribution < -0.4 is 15.6 Å². The highest BCUT2D eigenvalue weighted by atomic mass is 79.9. The Bertz CT molecular complexity index is 1240. The lowest BCUT2D eigenvalue weighted by Crippen LogP contribution is -2.64. The van der Waals surface area contributed by atoms with Crippen molar-refractivity contribution >= 4 is 61.1 Å². The predicted molar refractivity (Wildman–Crippen MR) is 133 cm³/mol. The van der Waals surface area contributed by atoms with Crippen molar-refractivity contribution < 1.29 is 0 Å². The van der Waals surface area contributed by atoms with E-state index in [0.29, 0.717) is 0 Å². The summed E-state index contributed by atoms with van der Waals surface area (Å²) in [6, 6.07) is 40.2. The van der Waals surface area contributed by atoms with E-state index >= 15 is 0 Å². The number of benzene rings is 5. The molecule has 5 rings (SSSR count). The van der Waals surface area contributed by atoms with Gasteiger partial charge in [0.2, 0.25) is 0 Å². The molecule has 0 unspecified atom stereocenters. The first-order valence-corrected chi connectivity index (χ1v) is 13.2. The maximum Gasteiger partial charge on any atom is 0.145 e. The minimum absolute atomic E-state index is 1.12. The van der Waals surface area contributed by atoms with Crippen molar-refractivity contribution in [3.05, 3.63) is 114 Å². The summed E-state index contributed by atoms with van der Waals surface area (Å²) in [5.41, 5.74) is 0. The van der Waals surface area contributed by atoms with Gasteiger partial charge in [0.05, 0.1) is 0 Å². The van der Waals surface area contributed by atoms with Gasteiger partial charge in [0, 0.05) is 4.47 Å². The van der Waals surface area contributed by atoms with Crippen molar-refractivity contribution in [3.8, 4) is 0 Å². The molecule has 0 aliphatic rings. The molecule has 0 aliphatic heterocycles. The van der Waals surface area contributed by atoms with Crippen LogP contribution in [-0.4, -0.2) is 8.07 Å². The Morgan fingerprint density at radius 2 is 0.897 bits per heavy atom. The molecule has 0 nitrogen and oxygen atoms in total. The van der Waals surface area contributed by atoms with Gasteiger partial charge in [-0.2, -0.15) is 0 Å². The molecule has 0 N–H and O–H groups in total. The van der Waals surface area contributed by atoms with E-state index in [1.165, 1.54) is 37.1 Å². The van der Waals surface area contributed by atoms with Crippen LogP contribution in [0.1, 0.15) is 0 Å². The topological polar surface area (TPSA) is 0 Å². The summed E-state index contributed by atoms with van der Waals surface area (Å²) in [6.07, 6.45) is 0. The molecule has 0 saturated heterocycles. The highest BCUT2D eigenvalue weighted by Crippen LogP contribution is 2.18. The van der Waals surface area contributed by atoms with Crippen molar-refractivity contribution in [1.29, 1.82) is 0 Å². The van der Waals surface area contributed by atoms with Gasteiger partial charge in [-0.1, -0.05) is 120 Å². The first kappa shape index (κ1) is 18.4. The van der Waals surface area contributed by atoms with Gasteiger partial charge < -0.3 is 0 Å². The van der Waals surface area contributed by atoms with Crippen LogP contribution in [0.5, 0.6) is 0 Å². The van der Waals surface area contributed by atoms with Gasteiger partial charge in [-0.15, -0.1) is 0 Å². The first-order chi connectivity index (χ1) is 14.1. The average Bonchev–Trinajstić information content (AvgIpc) is 2.78. The van der Waals surface area contributed by atoms with Crippen molar-refractivity contribution in [2.45, 2.75) is 6.55 Å². The van der Waals surface area contributed by atoms with Crippen molar-refractivity contribution in [2.24, 2.45) is 0 Å². The van der Waals surface area contributed by atoms with Crippen molar-refractivity contribution in [2.75, 3.05) is 0 Å². The predicted octanol–water partition coefficient (Wildman–Crippen LogP) is 5.86. The third-order valence-corrected chi connectivity index (χ3v) is 11.0. The van der Waals surface area contributed by atoms with Gasteiger partial charge in [-0.05, 0) is 49.2 Å². The number of halogens is 1. The maximum atomic E-state index is 3.61. The Morgan fingerprint density at radius 1 is 0.483 bits per heavy atom. The summed E-state index contributed by atoms with van der Waals surface area (Å²) in [4.78, 5) is 0. The van der Waals surface area contributed by atoms with Crippen LogP contribution in [0.25, 0.3) is 21.5 Å². The maximum absolute atomic E-state index is 3.61. The Kier molecular flexibility index (Phi) is 4.61. The third-order valence-electron chi connectivity index (χ3n) is 6.08. The monoisotopic (exact) mass is 452 g/mol. The first-order valence-electron chi connectivity index (χ1n) is 9.89. The minimum Gasteiger partial charge on any atom is -0.0616 e. The standard InChI is InChI=1S/C27H21BrSi/c1-29(25-16-12-24(28)13-17-25,26-14-10-20-6-2-4-8-22(20)18-26)27-15-11-21-7-3-5-9-23(21)19-27/h2-19H,1H3. The highest BCUT2D eigenvalue weighted by molar-refractivity contribution is 9.10. The fourth-order valence-electron chi connectivity index (χ4n) is 4.28. The van der Waals surface area contributed by atoms with Crippen LogP contribution in [0.3, 0.4) is 0 Å². The number of rotatable bonds is 3. The molecule has 0 amide bonds. The molecule has 0 aliphatic carbocycles. The highest BCUT2D eigenvalue weighted by Gasteiger charge is 2.34. The van der Waals surface area contributed by atoms with Gasteiger partial charge in [0.25, 0.3) is 0 Å². The second kappa shape index (κ2) is 7.29. The Morgan fingerprint density at radius 3 is 1.38 bits per heavy atom. The largest absolute Gasteiger partial charge is 0.145 e. The zero-order valence-electron chi connectivity index (χ0n) is 16.3. The molecule has 0 fully saturated rings. The van der Waals surface area contributed by atoms with Gasteiger partial charge in [-0.25, -0.2) is 0 Å². The molecule has 0 bridgehead atoms. The molecule has 0 saturated carbocycles. The van der Waals surface area contributed by atoms with E-state index in [1.807, 2.05) is 0 Å². The van der Waals surface area contributed by atoms with Gasteiger partial charge in [0.15, 0.2) is 0 Å². The van der Waals surface area contributed by atoms with Crippen LogP contribution in [0, 0.1) is 0 Å². The van der Waals surface area contributed by atoms with Gasteiger partial charge >= 0.3 is 0 Å². The third kappa shape index (κ3) is 3.23. The molecule has 0 heterocycles. The van der Waals surface area contributed by atoms with E-state index in [4.69, 9.17) is 0 Å². The minimum atomic E-state index is -2.16. The summed E-state index contributed by atoms with van der Waals surface area (Å²) in [5.74, 6) is 0. The Hall–Kier alpha value is -2.68. The second-order valence-electron chi connectivity index (χ2n) is 7.76. The fourth-order valence-corrected chi connectivity index (χ4v) is 8.10. The van der Waals surface area contributed by atoms with Gasteiger partial charge in [-0.3, -0.25) is 0 Å². The van der Waals surface area contributed by atoms with E-state index in [-0.39, 0.29) is 0 Å². The summed E-state index contributed by atoms with van der Waals surface area (Å²) >= 11 is 3.61. The van der Waals surface area contributed by atoms with E-state index in [0.717, 1.165) is 4.47 Å². The van der Waals surface area contributed by atoms with E-state index in [1.54, 1.807) is 0 Å². The van der Waals surface area contributed by atoms with E-state index in [9.17, 15) is 0 Å². The summed E-state index contributed by atoms with van der Waals surface area (Å²) < 4.78 is 1.12. The summed E-state index contributed by atoms with van der Waals surface area (Å²) in [5, 5.41) is 9.50. The molecule has 0 radical (unpaired) electrons. The zero-order valence-corrected chi connectivity index (χ0v) is 18.9. The van der Waals surface area contributed by atoms with E-state index < -0.39 is 8.07 Å². The Balaban J connectivity index is 1.78. The summed E-state index contributed by atoms with van der Waals surface area (Å²) in [7, 11) is -2.16. The molecule has 140 valence electrons. The normalized spacial score (nSPS) is 11.8. The molecule has 2 heteroatoms. The SMILES string of the molecule is C[Si](c1ccc(Br)cc1)(c1ccc2ccccc2c1)c1ccc2ccccc2c1. The smallest absolute Gasteiger partial charge is 0.0616 e. The lowest BCUT2D eigenvalue weighted by atomic mass is 10.1. The number of fused-ring (bicyclic) bond motifs is 2. The summed E-state index contributed by atoms with van der Waals surface area (Å²) in [6.45, 7) is 2.48. The fraction of sp³-hybridized carbons (Fsp3) is 0.0370. The lowest BCUT2D eigenvalue weighted by molar-refractivity contribution is 1.66. The molecule has 5 aromatic carbocycles. The van der Waals surface area contributed by atoms with E-state index in [2.05, 4.69) is 132 Å². The molecular weight excluding hydrogens is 432 g/mol. The quantitative estimate of drug-likeness (QED) is 0.237. The molecule has 5 aromatic rings. The number of hydrogen-bond donors (Lipinski definition) is 0. The zero-order chi connectivity index (χ0) is 19.8. The van der Waals surface area contributed by atoms with Crippen LogP contribution in [-0.2, 0) is 0 Å². The Labute approximate surface area is 181 Å². The van der Waals surface area contributed by atoms with Crippen LogP contribution in [0.15, 0.2) is 114 Å². The molecule has 0 spiro atoms. The lowest BCUT2D eigenvalue weighted by Gasteiger charge is -2.30. The molecule has 29 heavy (non-hydrogen) atoms.